The zero-order valence-corrected chi connectivity index (χ0v) is 16.3. The zero-order valence-electron chi connectivity index (χ0n) is 14.7. The fourth-order valence-electron chi connectivity index (χ4n) is 2.60. The summed E-state index contributed by atoms with van der Waals surface area (Å²) in [6.45, 7) is 8.00. The van der Waals surface area contributed by atoms with Crippen molar-refractivity contribution in [2.75, 3.05) is 11.2 Å². The van der Waals surface area contributed by atoms with Gasteiger partial charge in [0.15, 0.2) is 9.84 Å². The van der Waals surface area contributed by atoms with E-state index in [0.717, 1.165) is 11.3 Å². The molecule has 0 aliphatic rings. The van der Waals surface area contributed by atoms with E-state index in [2.05, 4.69) is 6.92 Å². The molecule has 1 aromatic carbocycles. The molecular formula is C18H23NO3S2. The Bertz CT molecular complexity index is 834. The molecular weight excluding hydrogens is 342 g/mol. The molecule has 0 atom stereocenters. The average molecular weight is 366 g/mol. The zero-order chi connectivity index (χ0) is 18.1. The van der Waals surface area contributed by atoms with Gasteiger partial charge in [-0.25, -0.2) is 8.42 Å². The summed E-state index contributed by atoms with van der Waals surface area (Å²) >= 11 is 1.51. The van der Waals surface area contributed by atoms with Crippen LogP contribution in [0.3, 0.4) is 0 Å². The van der Waals surface area contributed by atoms with Gasteiger partial charge in [0.1, 0.15) is 0 Å². The number of anilines is 1. The number of benzene rings is 1. The van der Waals surface area contributed by atoms with Gasteiger partial charge in [0.2, 0.25) is 0 Å². The summed E-state index contributed by atoms with van der Waals surface area (Å²) in [4.78, 5) is 16.8. The summed E-state index contributed by atoms with van der Waals surface area (Å²) < 4.78 is 23.2. The Labute approximate surface area is 148 Å². The fraction of sp³-hybridized carbons (Fsp3) is 0.389. The van der Waals surface area contributed by atoms with Crippen molar-refractivity contribution in [2.24, 2.45) is 0 Å². The molecule has 0 saturated carbocycles. The van der Waals surface area contributed by atoms with Crippen LogP contribution >= 0.6 is 11.3 Å². The third-order valence-corrected chi connectivity index (χ3v) is 6.10. The lowest BCUT2D eigenvalue weighted by atomic mass is 10.2. The highest BCUT2D eigenvalue weighted by atomic mass is 32.2. The molecule has 1 heterocycles. The molecule has 1 amide bonds. The quantitative estimate of drug-likeness (QED) is 0.802. The molecule has 1 aromatic heterocycles. The maximum absolute atomic E-state index is 13.0. The van der Waals surface area contributed by atoms with Gasteiger partial charge in [-0.05, 0) is 63.1 Å². The predicted octanol–water partition coefficient (Wildman–Crippen LogP) is 4.08. The second-order valence-electron chi connectivity index (χ2n) is 6.08. The molecule has 2 aromatic rings. The monoisotopic (exact) mass is 365 g/mol. The summed E-state index contributed by atoms with van der Waals surface area (Å²) in [5, 5.41) is 0. The first-order valence-electron chi connectivity index (χ1n) is 7.88. The minimum absolute atomic E-state index is 0.0333. The van der Waals surface area contributed by atoms with Crippen LogP contribution in [0.25, 0.3) is 0 Å². The van der Waals surface area contributed by atoms with E-state index in [9.17, 15) is 13.2 Å². The van der Waals surface area contributed by atoms with Crippen LogP contribution in [-0.2, 0) is 16.3 Å². The molecule has 24 heavy (non-hydrogen) atoms. The molecule has 6 heteroatoms. The van der Waals surface area contributed by atoms with Gasteiger partial charge in [0.05, 0.1) is 9.77 Å². The van der Waals surface area contributed by atoms with Crippen molar-refractivity contribution < 1.29 is 13.2 Å². The standard InChI is InChI=1S/C18H23NO3S2/c1-6-14-11-17(23-13(14)4)18(20)19(12(2)3)15-7-9-16(10-8-15)24(5,21)22/h7-12H,6H2,1-5H3. The third-order valence-electron chi connectivity index (χ3n) is 3.89. The molecule has 0 fully saturated rings. The van der Waals surface area contributed by atoms with Gasteiger partial charge in [-0.15, -0.1) is 11.3 Å². The van der Waals surface area contributed by atoms with E-state index in [1.165, 1.54) is 23.2 Å². The number of hydrogen-bond donors (Lipinski definition) is 0. The summed E-state index contributed by atoms with van der Waals surface area (Å²) in [6, 6.07) is 8.40. The van der Waals surface area contributed by atoms with Gasteiger partial charge in [-0.3, -0.25) is 4.79 Å². The van der Waals surface area contributed by atoms with Gasteiger partial charge in [0.25, 0.3) is 5.91 Å². The minimum atomic E-state index is -3.25. The van der Waals surface area contributed by atoms with Crippen LogP contribution in [0, 0.1) is 6.92 Å². The van der Waals surface area contributed by atoms with Crippen LogP contribution in [0.15, 0.2) is 35.2 Å². The van der Waals surface area contributed by atoms with Crippen molar-refractivity contribution >= 4 is 32.8 Å². The van der Waals surface area contributed by atoms with Gasteiger partial charge in [-0.1, -0.05) is 6.92 Å². The van der Waals surface area contributed by atoms with E-state index in [0.29, 0.717) is 10.6 Å². The van der Waals surface area contributed by atoms with E-state index in [1.54, 1.807) is 29.2 Å². The molecule has 0 aliphatic carbocycles. The lowest BCUT2D eigenvalue weighted by molar-refractivity contribution is 0.0984. The third kappa shape index (κ3) is 3.87. The highest BCUT2D eigenvalue weighted by molar-refractivity contribution is 7.90. The number of hydrogen-bond acceptors (Lipinski definition) is 4. The number of nitrogens with zero attached hydrogens (tertiary/aromatic N) is 1. The second kappa shape index (κ2) is 7.07. The smallest absolute Gasteiger partial charge is 0.268 e. The summed E-state index contributed by atoms with van der Waals surface area (Å²) in [5.74, 6) is -0.0510. The second-order valence-corrected chi connectivity index (χ2v) is 9.35. The number of amides is 1. The molecule has 0 bridgehead atoms. The highest BCUT2D eigenvalue weighted by Crippen LogP contribution is 2.27. The Hall–Kier alpha value is -1.66. The molecule has 0 spiro atoms. The fourth-order valence-corrected chi connectivity index (χ4v) is 4.28. The van der Waals surface area contributed by atoms with Crippen molar-refractivity contribution in [1.82, 2.24) is 0 Å². The summed E-state index contributed by atoms with van der Waals surface area (Å²) in [5.41, 5.74) is 1.89. The molecule has 130 valence electrons. The Morgan fingerprint density at radius 2 is 1.79 bits per heavy atom. The van der Waals surface area contributed by atoms with Gasteiger partial charge >= 0.3 is 0 Å². The first-order chi connectivity index (χ1) is 11.1. The van der Waals surface area contributed by atoms with Crippen molar-refractivity contribution in [1.29, 1.82) is 0 Å². The summed E-state index contributed by atoms with van der Waals surface area (Å²) in [7, 11) is -3.25. The SMILES string of the molecule is CCc1cc(C(=O)N(c2ccc(S(C)(=O)=O)cc2)C(C)C)sc1C. The van der Waals surface area contributed by atoms with Crippen molar-refractivity contribution in [3.63, 3.8) is 0 Å². The number of thiophene rings is 1. The van der Waals surface area contributed by atoms with Gasteiger partial charge < -0.3 is 4.90 Å². The first kappa shape index (κ1) is 18.7. The number of rotatable bonds is 5. The van der Waals surface area contributed by atoms with Crippen LogP contribution in [0.2, 0.25) is 0 Å². The number of sulfone groups is 1. The maximum Gasteiger partial charge on any atom is 0.268 e. The number of carbonyl (C=O) groups is 1. The summed E-state index contributed by atoms with van der Waals surface area (Å²) in [6.07, 6.45) is 2.08. The van der Waals surface area contributed by atoms with E-state index in [4.69, 9.17) is 0 Å². The van der Waals surface area contributed by atoms with Crippen molar-refractivity contribution in [2.45, 2.75) is 45.1 Å². The minimum Gasteiger partial charge on any atom is -0.305 e. The van der Waals surface area contributed by atoms with Crippen LogP contribution in [0.5, 0.6) is 0 Å². The van der Waals surface area contributed by atoms with Crippen molar-refractivity contribution in [3.05, 3.63) is 45.6 Å². The average Bonchev–Trinajstić information content (AvgIpc) is 2.87. The van der Waals surface area contributed by atoms with Crippen LogP contribution in [-0.4, -0.2) is 26.6 Å². The van der Waals surface area contributed by atoms with Crippen LogP contribution in [0.1, 0.15) is 40.9 Å². The molecule has 4 nitrogen and oxygen atoms in total. The largest absolute Gasteiger partial charge is 0.305 e. The van der Waals surface area contributed by atoms with E-state index < -0.39 is 9.84 Å². The molecule has 2 rings (SSSR count). The van der Waals surface area contributed by atoms with E-state index >= 15 is 0 Å². The van der Waals surface area contributed by atoms with Gasteiger partial charge in [0, 0.05) is 22.9 Å². The lowest BCUT2D eigenvalue weighted by Crippen LogP contribution is -2.36. The number of aryl methyl sites for hydroxylation is 2. The molecule has 0 N–H and O–H groups in total. The van der Waals surface area contributed by atoms with Crippen LogP contribution in [0.4, 0.5) is 5.69 Å². The first-order valence-corrected chi connectivity index (χ1v) is 10.6. The Kier molecular flexibility index (Phi) is 5.50. The van der Waals surface area contributed by atoms with Crippen molar-refractivity contribution in [3.8, 4) is 0 Å². The highest BCUT2D eigenvalue weighted by Gasteiger charge is 2.23. The molecule has 0 aliphatic heterocycles. The lowest BCUT2D eigenvalue weighted by Gasteiger charge is -2.26. The predicted molar refractivity (Wildman–Crippen MR) is 99.9 cm³/mol. The van der Waals surface area contributed by atoms with E-state index in [1.807, 2.05) is 26.8 Å². The topological polar surface area (TPSA) is 54.5 Å². The van der Waals surface area contributed by atoms with E-state index in [-0.39, 0.29) is 16.8 Å². The van der Waals surface area contributed by atoms with Gasteiger partial charge in [-0.2, -0.15) is 0 Å². The normalized spacial score (nSPS) is 11.8. The molecule has 0 radical (unpaired) electrons. The molecule has 0 unspecified atom stereocenters. The molecule has 0 saturated heterocycles. The van der Waals surface area contributed by atoms with Crippen LogP contribution < -0.4 is 4.90 Å². The Morgan fingerprint density at radius 3 is 2.21 bits per heavy atom. The number of carbonyl (C=O) groups excluding carboxylic acids is 1. The Balaban J connectivity index is 2.40. The Morgan fingerprint density at radius 1 is 1.21 bits per heavy atom. The maximum atomic E-state index is 13.0.